The second-order valence-electron chi connectivity index (χ2n) is 10.0. The highest BCUT2D eigenvalue weighted by Gasteiger charge is 2.54. The van der Waals surface area contributed by atoms with Crippen molar-refractivity contribution in [3.8, 4) is 0 Å². The van der Waals surface area contributed by atoms with Gasteiger partial charge in [0.25, 0.3) is 11.6 Å². The predicted molar refractivity (Wildman–Crippen MR) is 118 cm³/mol. The van der Waals surface area contributed by atoms with Gasteiger partial charge in [-0.1, -0.05) is 12.1 Å². The van der Waals surface area contributed by atoms with Crippen LogP contribution < -0.4 is 0 Å². The fraction of sp³-hybridized carbons (Fsp3) is 0.520. The first kappa shape index (κ1) is 21.7. The lowest BCUT2D eigenvalue weighted by atomic mass is 9.52. The molecule has 174 valence electrons. The summed E-state index contributed by atoms with van der Waals surface area (Å²) in [6.45, 7) is 1.50. The van der Waals surface area contributed by atoms with Gasteiger partial charge in [-0.2, -0.15) is 0 Å². The molecule has 0 N–H and O–H groups in total. The van der Waals surface area contributed by atoms with E-state index in [-0.39, 0.29) is 22.7 Å². The molecular formula is C25H28N2O6. The number of nitro groups is 1. The van der Waals surface area contributed by atoms with E-state index in [1.54, 1.807) is 25.3 Å². The molecule has 1 heterocycles. The fourth-order valence-electron chi connectivity index (χ4n) is 6.82. The van der Waals surface area contributed by atoms with Crippen LogP contribution in [0.3, 0.4) is 0 Å². The second-order valence-corrected chi connectivity index (χ2v) is 10.0. The second kappa shape index (κ2) is 8.32. The maximum absolute atomic E-state index is 13.5. The number of carbonyl (C=O) groups excluding carboxylic acids is 2. The van der Waals surface area contributed by atoms with E-state index in [1.807, 2.05) is 11.0 Å². The van der Waals surface area contributed by atoms with E-state index in [2.05, 4.69) is 0 Å². The Kier molecular flexibility index (Phi) is 5.46. The van der Waals surface area contributed by atoms with Crippen molar-refractivity contribution in [2.24, 2.45) is 17.8 Å². The number of furan rings is 1. The maximum atomic E-state index is 13.5. The van der Waals surface area contributed by atoms with Gasteiger partial charge in [-0.15, -0.1) is 0 Å². The van der Waals surface area contributed by atoms with Crippen LogP contribution in [0.4, 0.5) is 5.69 Å². The number of hydrogen-bond donors (Lipinski definition) is 0. The molecule has 1 aromatic heterocycles. The van der Waals surface area contributed by atoms with Gasteiger partial charge in [0.15, 0.2) is 6.61 Å². The first-order valence-corrected chi connectivity index (χ1v) is 11.6. The summed E-state index contributed by atoms with van der Waals surface area (Å²) in [5.41, 5.74) is -0.224. The fourth-order valence-corrected chi connectivity index (χ4v) is 6.82. The number of nitrogens with zero attached hydrogens (tertiary/aromatic N) is 2. The van der Waals surface area contributed by atoms with Crippen LogP contribution in [0.25, 0.3) is 0 Å². The highest BCUT2D eigenvalue weighted by atomic mass is 16.6. The van der Waals surface area contributed by atoms with E-state index in [0.717, 1.165) is 19.3 Å². The van der Waals surface area contributed by atoms with Gasteiger partial charge in [-0.25, -0.2) is 4.79 Å². The Morgan fingerprint density at radius 2 is 1.79 bits per heavy atom. The number of ether oxygens (including phenoxy) is 1. The third-order valence-electron chi connectivity index (χ3n) is 7.75. The van der Waals surface area contributed by atoms with Crippen LogP contribution in [0.2, 0.25) is 0 Å². The average molecular weight is 453 g/mol. The number of esters is 1. The Morgan fingerprint density at radius 1 is 1.12 bits per heavy atom. The summed E-state index contributed by atoms with van der Waals surface area (Å²) in [7, 11) is 0. The Hall–Kier alpha value is -3.16. The first-order chi connectivity index (χ1) is 15.8. The summed E-state index contributed by atoms with van der Waals surface area (Å²) in [6.07, 6.45) is 8.25. The molecule has 4 aliphatic carbocycles. The van der Waals surface area contributed by atoms with Crippen molar-refractivity contribution < 1.29 is 23.7 Å². The molecule has 6 rings (SSSR count). The zero-order chi connectivity index (χ0) is 23.2. The Balaban J connectivity index is 1.37. The molecule has 4 bridgehead atoms. The highest BCUT2D eigenvalue weighted by Crippen LogP contribution is 2.58. The molecule has 0 aliphatic heterocycles. The van der Waals surface area contributed by atoms with Crippen LogP contribution in [0.15, 0.2) is 41.0 Å². The van der Waals surface area contributed by atoms with Crippen molar-refractivity contribution in [1.29, 1.82) is 0 Å². The van der Waals surface area contributed by atoms with Gasteiger partial charge in [0.1, 0.15) is 11.3 Å². The molecule has 0 atom stereocenters. The van der Waals surface area contributed by atoms with Gasteiger partial charge >= 0.3 is 5.97 Å². The molecular weight excluding hydrogens is 424 g/mol. The molecule has 0 unspecified atom stereocenters. The number of nitro benzene ring substituents is 1. The van der Waals surface area contributed by atoms with E-state index >= 15 is 0 Å². The summed E-state index contributed by atoms with van der Waals surface area (Å²) in [5, 5.41) is 11.4. The van der Waals surface area contributed by atoms with Crippen molar-refractivity contribution in [1.82, 2.24) is 4.90 Å². The number of hydrogen-bond acceptors (Lipinski definition) is 6. The van der Waals surface area contributed by atoms with Crippen molar-refractivity contribution in [3.63, 3.8) is 0 Å². The Morgan fingerprint density at radius 3 is 2.36 bits per heavy atom. The zero-order valence-electron chi connectivity index (χ0n) is 18.7. The van der Waals surface area contributed by atoms with Crippen molar-refractivity contribution in [2.45, 2.75) is 57.5 Å². The SMILES string of the molecule is Cc1cccc([N+](=O)[O-])c1C(=O)OCC(=O)N(Cc1ccco1)C12CC3CC(CC(C3)C1)C2. The van der Waals surface area contributed by atoms with Crippen molar-refractivity contribution >= 4 is 17.6 Å². The van der Waals surface area contributed by atoms with Crippen LogP contribution in [-0.2, 0) is 16.1 Å². The van der Waals surface area contributed by atoms with Crippen LogP contribution in [0, 0.1) is 34.8 Å². The summed E-state index contributed by atoms with van der Waals surface area (Å²) in [5.74, 6) is 1.48. The summed E-state index contributed by atoms with van der Waals surface area (Å²) in [6, 6.07) is 8.06. The van der Waals surface area contributed by atoms with E-state index in [0.29, 0.717) is 35.6 Å². The molecule has 4 aliphatic rings. The largest absolute Gasteiger partial charge is 0.467 e. The van der Waals surface area contributed by atoms with Gasteiger partial charge in [-0.3, -0.25) is 14.9 Å². The smallest absolute Gasteiger partial charge is 0.345 e. The van der Waals surface area contributed by atoms with Crippen LogP contribution >= 0.6 is 0 Å². The Bertz CT molecular complexity index is 1040. The Labute approximate surface area is 192 Å². The third kappa shape index (κ3) is 4.03. The molecule has 0 spiro atoms. The van der Waals surface area contributed by atoms with E-state index < -0.39 is 17.5 Å². The normalized spacial score (nSPS) is 27.4. The quantitative estimate of drug-likeness (QED) is 0.344. The summed E-state index contributed by atoms with van der Waals surface area (Å²) in [4.78, 5) is 38.9. The van der Waals surface area contributed by atoms with Crippen molar-refractivity contribution in [2.75, 3.05) is 6.61 Å². The summed E-state index contributed by atoms with van der Waals surface area (Å²) < 4.78 is 10.9. The predicted octanol–water partition coefficient (Wildman–Crippen LogP) is 4.65. The molecule has 1 amide bonds. The lowest BCUT2D eigenvalue weighted by molar-refractivity contribution is -0.385. The third-order valence-corrected chi connectivity index (χ3v) is 7.75. The molecule has 4 saturated carbocycles. The van der Waals surface area contributed by atoms with Gasteiger partial charge in [0.05, 0.1) is 17.7 Å². The minimum atomic E-state index is -0.850. The minimum Gasteiger partial charge on any atom is -0.467 e. The van der Waals surface area contributed by atoms with E-state index in [9.17, 15) is 19.7 Å². The first-order valence-electron chi connectivity index (χ1n) is 11.6. The van der Waals surface area contributed by atoms with Crippen molar-refractivity contribution in [3.05, 3.63) is 63.6 Å². The van der Waals surface area contributed by atoms with E-state index in [4.69, 9.17) is 9.15 Å². The summed E-state index contributed by atoms with van der Waals surface area (Å²) >= 11 is 0. The lowest BCUT2D eigenvalue weighted by Crippen LogP contribution is -2.61. The standard InChI is InChI=1S/C25H28N2O6/c1-16-4-2-6-21(27(30)31)23(16)24(29)33-15-22(28)26(14-20-5-3-7-32-20)25-11-17-8-18(12-25)10-19(9-17)13-25/h2-7,17-19H,8-15H2,1H3. The van der Waals surface area contributed by atoms with Crippen LogP contribution in [0.1, 0.15) is 60.2 Å². The number of amides is 1. The molecule has 8 nitrogen and oxygen atoms in total. The molecule has 4 fully saturated rings. The molecule has 0 saturated heterocycles. The van der Waals surface area contributed by atoms with Crippen LogP contribution in [0.5, 0.6) is 0 Å². The minimum absolute atomic E-state index is 0.109. The average Bonchev–Trinajstić information content (AvgIpc) is 3.27. The van der Waals surface area contributed by atoms with Crippen LogP contribution in [-0.4, -0.2) is 33.8 Å². The molecule has 1 aromatic carbocycles. The monoisotopic (exact) mass is 452 g/mol. The lowest BCUT2D eigenvalue weighted by Gasteiger charge is -2.60. The number of carbonyl (C=O) groups is 2. The molecule has 2 aromatic rings. The molecule has 0 radical (unpaired) electrons. The maximum Gasteiger partial charge on any atom is 0.345 e. The zero-order valence-corrected chi connectivity index (χ0v) is 18.7. The van der Waals surface area contributed by atoms with Gasteiger partial charge in [0.2, 0.25) is 0 Å². The number of rotatable bonds is 7. The van der Waals surface area contributed by atoms with E-state index in [1.165, 1.54) is 31.4 Å². The van der Waals surface area contributed by atoms with Gasteiger partial charge < -0.3 is 14.1 Å². The number of aryl methyl sites for hydroxylation is 1. The number of benzene rings is 1. The topological polar surface area (TPSA) is 103 Å². The highest BCUT2D eigenvalue weighted by molar-refractivity contribution is 5.96. The van der Waals surface area contributed by atoms with Gasteiger partial charge in [0, 0.05) is 11.6 Å². The molecule has 8 heteroatoms. The molecule has 33 heavy (non-hydrogen) atoms. The van der Waals surface area contributed by atoms with Gasteiger partial charge in [-0.05, 0) is 80.9 Å².